The Balaban J connectivity index is 1.63. The number of aromatic nitrogens is 4. The molecule has 1 amide bonds. The van der Waals surface area contributed by atoms with Gasteiger partial charge in [0.1, 0.15) is 17.8 Å². The van der Waals surface area contributed by atoms with Gasteiger partial charge in [-0.3, -0.25) is 4.79 Å². The van der Waals surface area contributed by atoms with E-state index in [1.54, 1.807) is 38.6 Å². The molecule has 2 N–H and O–H groups in total. The fourth-order valence-corrected chi connectivity index (χ4v) is 3.61. The SMILES string of the molecule is CNc1ncnc(-c2cccnc2Oc2cc(C(=O)Nc3cc(C(C)(C)C)ccc3OC)ccc2C)n1. The summed E-state index contributed by atoms with van der Waals surface area (Å²) >= 11 is 0. The van der Waals surface area contributed by atoms with Crippen LogP contribution in [0.2, 0.25) is 0 Å². The molecule has 190 valence electrons. The molecule has 2 aromatic heterocycles. The van der Waals surface area contributed by atoms with Crippen molar-refractivity contribution in [3.05, 3.63) is 77.7 Å². The summed E-state index contributed by atoms with van der Waals surface area (Å²) in [7, 11) is 3.31. The van der Waals surface area contributed by atoms with Gasteiger partial charge in [0.05, 0.1) is 18.4 Å². The number of amides is 1. The molecule has 0 unspecified atom stereocenters. The number of nitrogens with one attached hydrogen (secondary N) is 2. The van der Waals surface area contributed by atoms with Gasteiger partial charge in [-0.15, -0.1) is 0 Å². The Morgan fingerprint density at radius 2 is 1.78 bits per heavy atom. The summed E-state index contributed by atoms with van der Waals surface area (Å²) in [6.07, 6.45) is 3.05. The number of anilines is 2. The van der Waals surface area contributed by atoms with Crippen molar-refractivity contribution in [1.29, 1.82) is 0 Å². The zero-order valence-corrected chi connectivity index (χ0v) is 21.8. The molecule has 2 heterocycles. The molecule has 9 nitrogen and oxygen atoms in total. The van der Waals surface area contributed by atoms with Gasteiger partial charge < -0.3 is 20.1 Å². The zero-order valence-electron chi connectivity index (χ0n) is 21.8. The maximum Gasteiger partial charge on any atom is 0.255 e. The van der Waals surface area contributed by atoms with Crippen LogP contribution in [0.25, 0.3) is 11.4 Å². The molecule has 4 rings (SSSR count). The average molecular weight is 499 g/mol. The molecule has 4 aromatic rings. The third-order valence-corrected chi connectivity index (χ3v) is 5.78. The summed E-state index contributed by atoms with van der Waals surface area (Å²) in [5.41, 5.74) is 3.47. The van der Waals surface area contributed by atoms with Crippen LogP contribution in [-0.2, 0) is 5.41 Å². The Morgan fingerprint density at radius 1 is 0.973 bits per heavy atom. The highest BCUT2D eigenvalue weighted by molar-refractivity contribution is 6.05. The van der Waals surface area contributed by atoms with E-state index in [4.69, 9.17) is 9.47 Å². The predicted molar refractivity (Wildman–Crippen MR) is 144 cm³/mol. The van der Waals surface area contributed by atoms with Gasteiger partial charge in [-0.1, -0.05) is 32.9 Å². The normalized spacial score (nSPS) is 11.1. The Bertz CT molecular complexity index is 1430. The van der Waals surface area contributed by atoms with Crippen LogP contribution in [0.1, 0.15) is 42.3 Å². The van der Waals surface area contributed by atoms with Crippen molar-refractivity contribution >= 4 is 17.5 Å². The van der Waals surface area contributed by atoms with Crippen molar-refractivity contribution < 1.29 is 14.3 Å². The second-order valence-corrected chi connectivity index (χ2v) is 9.44. The molecule has 0 aliphatic heterocycles. The molecule has 0 atom stereocenters. The highest BCUT2D eigenvalue weighted by atomic mass is 16.5. The molecule has 9 heteroatoms. The highest BCUT2D eigenvalue weighted by Gasteiger charge is 2.19. The molecule has 0 saturated heterocycles. The summed E-state index contributed by atoms with van der Waals surface area (Å²) in [4.78, 5) is 30.3. The first kappa shape index (κ1) is 25.6. The van der Waals surface area contributed by atoms with Crippen LogP contribution < -0.4 is 20.1 Å². The minimum Gasteiger partial charge on any atom is -0.495 e. The second-order valence-electron chi connectivity index (χ2n) is 9.44. The van der Waals surface area contributed by atoms with E-state index in [1.165, 1.54) is 6.33 Å². The van der Waals surface area contributed by atoms with Crippen LogP contribution >= 0.6 is 0 Å². The highest BCUT2D eigenvalue weighted by Crippen LogP contribution is 2.34. The van der Waals surface area contributed by atoms with Gasteiger partial charge in [-0.25, -0.2) is 15.0 Å². The number of benzene rings is 2. The fraction of sp³-hybridized carbons (Fsp3) is 0.250. The minimum absolute atomic E-state index is 0.0799. The number of carbonyl (C=O) groups is 1. The van der Waals surface area contributed by atoms with E-state index >= 15 is 0 Å². The lowest BCUT2D eigenvalue weighted by atomic mass is 9.87. The van der Waals surface area contributed by atoms with E-state index in [1.807, 2.05) is 37.3 Å². The molecular weight excluding hydrogens is 468 g/mol. The monoisotopic (exact) mass is 498 g/mol. The molecule has 0 fully saturated rings. The van der Waals surface area contributed by atoms with Crippen LogP contribution in [0.4, 0.5) is 11.6 Å². The Labute approximate surface area is 216 Å². The lowest BCUT2D eigenvalue weighted by Gasteiger charge is -2.21. The largest absolute Gasteiger partial charge is 0.495 e. The second kappa shape index (κ2) is 10.6. The first-order valence-electron chi connectivity index (χ1n) is 11.8. The Hall–Kier alpha value is -4.53. The maximum absolute atomic E-state index is 13.2. The number of carbonyl (C=O) groups excluding carboxylic acids is 1. The van der Waals surface area contributed by atoms with Crippen molar-refractivity contribution in [3.63, 3.8) is 0 Å². The Kier molecular flexibility index (Phi) is 7.33. The molecule has 0 aliphatic carbocycles. The lowest BCUT2D eigenvalue weighted by Crippen LogP contribution is -2.15. The van der Waals surface area contributed by atoms with Gasteiger partial charge in [0.2, 0.25) is 11.8 Å². The average Bonchev–Trinajstić information content (AvgIpc) is 2.89. The third kappa shape index (κ3) is 5.83. The van der Waals surface area contributed by atoms with Crippen molar-refractivity contribution in [2.75, 3.05) is 24.8 Å². The molecule has 0 spiro atoms. The van der Waals surface area contributed by atoms with E-state index in [-0.39, 0.29) is 11.3 Å². The minimum atomic E-state index is -0.286. The molecule has 0 saturated carbocycles. The number of hydrogen-bond acceptors (Lipinski definition) is 8. The first-order valence-corrected chi connectivity index (χ1v) is 11.8. The summed E-state index contributed by atoms with van der Waals surface area (Å²) in [5.74, 6) is 1.95. The molecule has 0 bridgehead atoms. The number of pyridine rings is 1. The molecule has 2 aromatic carbocycles. The lowest BCUT2D eigenvalue weighted by molar-refractivity contribution is 0.102. The number of nitrogens with zero attached hydrogens (tertiary/aromatic N) is 4. The third-order valence-electron chi connectivity index (χ3n) is 5.78. The van der Waals surface area contributed by atoms with E-state index in [9.17, 15) is 4.79 Å². The number of hydrogen-bond donors (Lipinski definition) is 2. The van der Waals surface area contributed by atoms with Crippen LogP contribution in [0.15, 0.2) is 61.1 Å². The van der Waals surface area contributed by atoms with Gasteiger partial charge in [0.25, 0.3) is 5.91 Å². The van der Waals surface area contributed by atoms with Crippen LogP contribution in [0.5, 0.6) is 17.4 Å². The van der Waals surface area contributed by atoms with Crippen molar-refractivity contribution in [3.8, 4) is 28.8 Å². The van der Waals surface area contributed by atoms with E-state index in [0.29, 0.717) is 46.0 Å². The number of aryl methyl sites for hydroxylation is 1. The predicted octanol–water partition coefficient (Wildman–Crippen LogP) is 5.63. The van der Waals surface area contributed by atoms with E-state index in [0.717, 1.165) is 11.1 Å². The van der Waals surface area contributed by atoms with E-state index in [2.05, 4.69) is 51.3 Å². The van der Waals surface area contributed by atoms with Crippen LogP contribution in [0.3, 0.4) is 0 Å². The maximum atomic E-state index is 13.2. The van der Waals surface area contributed by atoms with Crippen LogP contribution in [0, 0.1) is 6.92 Å². The molecule has 37 heavy (non-hydrogen) atoms. The quantitative estimate of drug-likeness (QED) is 0.337. The summed E-state index contributed by atoms with van der Waals surface area (Å²) < 4.78 is 11.7. The molecular formula is C28H30N6O3. The molecule has 0 aliphatic rings. The number of rotatable bonds is 7. The van der Waals surface area contributed by atoms with Gasteiger partial charge in [0.15, 0.2) is 5.82 Å². The van der Waals surface area contributed by atoms with E-state index < -0.39 is 0 Å². The van der Waals surface area contributed by atoms with Crippen LogP contribution in [-0.4, -0.2) is 40.0 Å². The van der Waals surface area contributed by atoms with Gasteiger partial charge >= 0.3 is 0 Å². The van der Waals surface area contributed by atoms with Gasteiger partial charge in [0, 0.05) is 18.8 Å². The standard InChI is InChI=1S/C28H30N6O3/c1-17-9-10-18(25(35)33-21-15-19(28(2,3)4)11-12-22(21)36-6)14-23(17)37-26-20(8-7-13-30-26)24-31-16-32-27(29-5)34-24/h7-16H,1-6H3,(H,33,35)(H,29,31,32,34). The smallest absolute Gasteiger partial charge is 0.255 e. The van der Waals surface area contributed by atoms with Gasteiger partial charge in [-0.05, 0) is 59.9 Å². The summed E-state index contributed by atoms with van der Waals surface area (Å²) in [5, 5.41) is 5.88. The Morgan fingerprint density at radius 3 is 2.51 bits per heavy atom. The number of methoxy groups -OCH3 is 1. The molecule has 0 radical (unpaired) electrons. The zero-order chi connectivity index (χ0) is 26.6. The fourth-order valence-electron chi connectivity index (χ4n) is 3.61. The van der Waals surface area contributed by atoms with Crippen molar-refractivity contribution in [1.82, 2.24) is 19.9 Å². The van der Waals surface area contributed by atoms with Gasteiger partial charge in [-0.2, -0.15) is 4.98 Å². The first-order chi connectivity index (χ1) is 17.7. The topological polar surface area (TPSA) is 111 Å². The summed E-state index contributed by atoms with van der Waals surface area (Å²) in [6, 6.07) is 14.7. The summed E-state index contributed by atoms with van der Waals surface area (Å²) in [6.45, 7) is 8.25. The van der Waals surface area contributed by atoms with Crippen molar-refractivity contribution in [2.24, 2.45) is 0 Å². The number of ether oxygens (including phenoxy) is 2. The van der Waals surface area contributed by atoms with Crippen molar-refractivity contribution in [2.45, 2.75) is 33.1 Å².